The molecular weight excluding hydrogens is 412 g/mol. The van der Waals surface area contributed by atoms with Crippen LogP contribution < -0.4 is 19.1 Å². The normalized spacial score (nSPS) is 21.9. The highest BCUT2D eigenvalue weighted by Gasteiger charge is 2.35. The van der Waals surface area contributed by atoms with Gasteiger partial charge in [0, 0.05) is 41.8 Å². The molecule has 1 atom stereocenters. The van der Waals surface area contributed by atoms with Crippen LogP contribution in [-0.4, -0.2) is 43.8 Å². The van der Waals surface area contributed by atoms with Crippen LogP contribution in [0.2, 0.25) is 0 Å². The van der Waals surface area contributed by atoms with Crippen molar-refractivity contribution in [1.29, 1.82) is 0 Å². The quantitative estimate of drug-likeness (QED) is 0.612. The number of alkyl halides is 1. The summed E-state index contributed by atoms with van der Waals surface area (Å²) in [6, 6.07) is 8.89. The van der Waals surface area contributed by atoms with Gasteiger partial charge in [-0.2, -0.15) is 0 Å². The number of anilines is 1. The highest BCUT2D eigenvalue weighted by Crippen LogP contribution is 2.50. The summed E-state index contributed by atoms with van der Waals surface area (Å²) in [5.41, 5.74) is 7.74. The number of hydrogen-bond acceptors (Lipinski definition) is 5. The lowest BCUT2D eigenvalue weighted by Crippen LogP contribution is -2.38. The second kappa shape index (κ2) is 7.27. The Morgan fingerprint density at radius 2 is 1.84 bits per heavy atom. The molecule has 1 saturated heterocycles. The van der Waals surface area contributed by atoms with E-state index in [9.17, 15) is 0 Å². The van der Waals surface area contributed by atoms with Crippen molar-refractivity contribution in [3.8, 4) is 17.2 Å². The molecule has 0 spiro atoms. The van der Waals surface area contributed by atoms with E-state index in [0.717, 1.165) is 56.1 Å². The van der Waals surface area contributed by atoms with Gasteiger partial charge in [0.05, 0.1) is 18.8 Å². The maximum atomic E-state index is 6.40. The Labute approximate surface area is 188 Å². The minimum Gasteiger partial charge on any atom is -0.495 e. The van der Waals surface area contributed by atoms with Gasteiger partial charge in [-0.3, -0.25) is 0 Å². The summed E-state index contributed by atoms with van der Waals surface area (Å²) in [7, 11) is 1.77. The van der Waals surface area contributed by atoms with Crippen molar-refractivity contribution in [2.75, 3.05) is 38.4 Å². The average Bonchev–Trinajstić information content (AvgIpc) is 3.25. The molecule has 0 radical (unpaired) electrons. The summed E-state index contributed by atoms with van der Waals surface area (Å²) in [6.45, 7) is 5.55. The first-order valence-corrected chi connectivity index (χ1v) is 11.6. The van der Waals surface area contributed by atoms with Crippen LogP contribution in [-0.2, 0) is 6.42 Å². The topological polar surface area (TPSA) is 34.2 Å². The van der Waals surface area contributed by atoms with Crippen molar-refractivity contribution in [3.05, 3.63) is 46.5 Å². The Balaban J connectivity index is 1.49. The molecule has 4 aliphatic heterocycles. The van der Waals surface area contributed by atoms with Crippen LogP contribution in [0.3, 0.4) is 0 Å². The largest absolute Gasteiger partial charge is 0.495 e. The zero-order valence-corrected chi connectivity index (χ0v) is 18.7. The van der Waals surface area contributed by atoms with E-state index in [1.165, 1.54) is 33.6 Å². The van der Waals surface area contributed by atoms with E-state index in [-0.39, 0.29) is 11.4 Å². The fourth-order valence-corrected chi connectivity index (χ4v) is 5.74. The van der Waals surface area contributed by atoms with Crippen molar-refractivity contribution in [3.63, 3.8) is 0 Å². The van der Waals surface area contributed by atoms with Gasteiger partial charge < -0.3 is 24.0 Å². The lowest BCUT2D eigenvalue weighted by molar-refractivity contribution is 0.174. The number of halogens is 1. The van der Waals surface area contributed by atoms with Crippen LogP contribution in [0.4, 0.5) is 5.69 Å². The van der Waals surface area contributed by atoms with Crippen LogP contribution >= 0.6 is 11.6 Å². The minimum atomic E-state index is 0.257. The molecule has 1 fully saturated rings. The molecule has 0 N–H and O–H groups in total. The van der Waals surface area contributed by atoms with Gasteiger partial charge in [-0.05, 0) is 61.6 Å². The fraction of sp³-hybridized carbons (Fsp3) is 0.440. The maximum absolute atomic E-state index is 6.40. The second-order valence-electron chi connectivity index (χ2n) is 8.79. The number of piperidine rings is 1. The van der Waals surface area contributed by atoms with Crippen LogP contribution in [0.25, 0.3) is 11.8 Å². The lowest BCUT2D eigenvalue weighted by Gasteiger charge is -2.44. The van der Waals surface area contributed by atoms with Gasteiger partial charge in [-0.25, -0.2) is 0 Å². The number of ether oxygens (including phenoxy) is 3. The first-order valence-electron chi connectivity index (χ1n) is 11.1. The molecule has 0 amide bonds. The summed E-state index contributed by atoms with van der Waals surface area (Å²) >= 11 is 6.40. The number of fused-ring (bicyclic) bond motifs is 5. The predicted octanol–water partition coefficient (Wildman–Crippen LogP) is 5.06. The third-order valence-corrected chi connectivity index (χ3v) is 7.59. The Morgan fingerprint density at radius 1 is 1.06 bits per heavy atom. The fourth-order valence-electron chi connectivity index (χ4n) is 5.54. The molecule has 0 bridgehead atoms. The van der Waals surface area contributed by atoms with E-state index >= 15 is 0 Å². The smallest absolute Gasteiger partial charge is 0.231 e. The lowest BCUT2D eigenvalue weighted by atomic mass is 9.85. The Hall–Kier alpha value is -2.53. The van der Waals surface area contributed by atoms with E-state index in [4.69, 9.17) is 25.8 Å². The zero-order valence-electron chi connectivity index (χ0n) is 18.0. The van der Waals surface area contributed by atoms with Crippen LogP contribution in [0.5, 0.6) is 17.2 Å². The molecule has 162 valence electrons. The Bertz CT molecular complexity index is 1070. The number of methoxy groups -OCH3 is 1. The molecule has 1 unspecified atom stereocenters. The van der Waals surface area contributed by atoms with Crippen molar-refractivity contribution in [2.24, 2.45) is 0 Å². The van der Waals surface area contributed by atoms with Gasteiger partial charge in [0.15, 0.2) is 11.5 Å². The van der Waals surface area contributed by atoms with Gasteiger partial charge >= 0.3 is 0 Å². The Morgan fingerprint density at radius 3 is 2.61 bits per heavy atom. The van der Waals surface area contributed by atoms with Crippen LogP contribution in [0.1, 0.15) is 48.1 Å². The predicted molar refractivity (Wildman–Crippen MR) is 123 cm³/mol. The summed E-state index contributed by atoms with van der Waals surface area (Å²) in [5.74, 6) is 2.67. The third kappa shape index (κ3) is 2.97. The summed E-state index contributed by atoms with van der Waals surface area (Å²) < 4.78 is 17.1. The second-order valence-corrected chi connectivity index (χ2v) is 9.41. The van der Waals surface area contributed by atoms with Gasteiger partial charge in [-0.15, -0.1) is 11.6 Å². The summed E-state index contributed by atoms with van der Waals surface area (Å²) in [6.07, 6.45) is 5.36. The van der Waals surface area contributed by atoms with E-state index in [1.54, 1.807) is 7.11 Å². The van der Waals surface area contributed by atoms with Crippen molar-refractivity contribution in [1.82, 2.24) is 4.90 Å². The highest BCUT2D eigenvalue weighted by atomic mass is 35.5. The van der Waals surface area contributed by atoms with Gasteiger partial charge in [0.25, 0.3) is 0 Å². The van der Waals surface area contributed by atoms with Crippen LogP contribution in [0.15, 0.2) is 24.3 Å². The van der Waals surface area contributed by atoms with E-state index in [2.05, 4.69) is 47.1 Å². The standard InChI is InChI=1S/C25H27ClN2O3/c1-15-24-17(3-4-21(29-2)25(24)27-8-6-18(26)7-9-27)11-20-19-13-23-22(30-14-31-23)12-16(19)5-10-28(15)20/h3-4,11-13,15,18H,5-10,14H2,1-2H3. The number of rotatable bonds is 2. The first kappa shape index (κ1) is 19.2. The zero-order chi connectivity index (χ0) is 21.1. The molecule has 2 aromatic rings. The molecule has 0 aromatic heterocycles. The minimum absolute atomic E-state index is 0.257. The van der Waals surface area contributed by atoms with Gasteiger partial charge in [0.1, 0.15) is 5.75 Å². The SMILES string of the molecule is COc1ccc2c(c1N1CCC(Cl)CC1)C(C)N1CCc3cc4c(cc3C1=C2)OCO4. The first-order chi connectivity index (χ1) is 15.1. The molecule has 2 aromatic carbocycles. The molecule has 0 aliphatic carbocycles. The van der Waals surface area contributed by atoms with Crippen LogP contribution in [0, 0.1) is 0 Å². The van der Waals surface area contributed by atoms with Crippen molar-refractivity contribution < 1.29 is 14.2 Å². The van der Waals surface area contributed by atoms with E-state index in [1.807, 2.05) is 0 Å². The molecule has 5 nitrogen and oxygen atoms in total. The van der Waals surface area contributed by atoms with Crippen molar-refractivity contribution in [2.45, 2.75) is 37.6 Å². The average molecular weight is 439 g/mol. The highest BCUT2D eigenvalue weighted by molar-refractivity contribution is 6.20. The molecular formula is C25H27ClN2O3. The Kier molecular flexibility index (Phi) is 4.49. The molecule has 6 heteroatoms. The van der Waals surface area contributed by atoms with Gasteiger partial charge in [-0.1, -0.05) is 6.07 Å². The monoisotopic (exact) mass is 438 g/mol. The van der Waals surface area contributed by atoms with E-state index < -0.39 is 0 Å². The van der Waals surface area contributed by atoms with Crippen molar-refractivity contribution >= 4 is 29.1 Å². The third-order valence-electron chi connectivity index (χ3n) is 7.16. The van der Waals surface area contributed by atoms with Gasteiger partial charge in [0.2, 0.25) is 6.79 Å². The molecule has 0 saturated carbocycles. The molecule has 4 aliphatic rings. The summed E-state index contributed by atoms with van der Waals surface area (Å²) in [5, 5.41) is 0.275. The molecule has 6 rings (SSSR count). The summed E-state index contributed by atoms with van der Waals surface area (Å²) in [4.78, 5) is 5.01. The maximum Gasteiger partial charge on any atom is 0.231 e. The number of nitrogens with zero attached hydrogens (tertiary/aromatic N) is 2. The van der Waals surface area contributed by atoms with E-state index in [0.29, 0.717) is 6.79 Å². The molecule has 31 heavy (non-hydrogen) atoms. The number of hydrogen-bond donors (Lipinski definition) is 0. The number of benzene rings is 2. The molecule has 4 heterocycles.